The van der Waals surface area contributed by atoms with Gasteiger partial charge in [-0.3, -0.25) is 4.79 Å². The van der Waals surface area contributed by atoms with E-state index in [1.165, 1.54) is 17.5 Å². The number of amides is 1. The summed E-state index contributed by atoms with van der Waals surface area (Å²) in [6, 6.07) is 4.26. The zero-order chi connectivity index (χ0) is 15.4. The van der Waals surface area contributed by atoms with E-state index in [1.807, 2.05) is 0 Å². The molecule has 2 aromatic rings. The molecule has 1 aromatic heterocycles. The molecular formula is C13H10BrFN2O3S. The number of benzene rings is 1. The van der Waals surface area contributed by atoms with Crippen LogP contribution < -0.4 is 5.32 Å². The zero-order valence-corrected chi connectivity index (χ0v) is 13.3. The van der Waals surface area contributed by atoms with Gasteiger partial charge >= 0.3 is 5.97 Å². The van der Waals surface area contributed by atoms with E-state index in [2.05, 4.69) is 26.2 Å². The molecule has 0 saturated carbocycles. The molecule has 0 bridgehead atoms. The smallest absolute Gasteiger partial charge is 0.367 e. The topological polar surface area (TPSA) is 68.3 Å². The molecule has 5 nitrogen and oxygen atoms in total. The summed E-state index contributed by atoms with van der Waals surface area (Å²) in [6.07, 6.45) is 0. The number of thiazole rings is 1. The fraction of sp³-hybridized carbons (Fsp3) is 0.154. The number of nitrogens with zero attached hydrogens (tertiary/aromatic N) is 1. The van der Waals surface area contributed by atoms with Crippen LogP contribution in [0.15, 0.2) is 28.1 Å². The summed E-state index contributed by atoms with van der Waals surface area (Å²) in [5.74, 6) is -1.75. The van der Waals surface area contributed by atoms with Crippen molar-refractivity contribution in [3.63, 3.8) is 0 Å². The second-order valence-corrected chi connectivity index (χ2v) is 5.61. The summed E-state index contributed by atoms with van der Waals surface area (Å²) in [4.78, 5) is 27.3. The van der Waals surface area contributed by atoms with Gasteiger partial charge in [0.25, 0.3) is 5.91 Å². The minimum Gasteiger partial charge on any atom is -0.461 e. The van der Waals surface area contributed by atoms with E-state index in [0.717, 1.165) is 11.3 Å². The van der Waals surface area contributed by atoms with Crippen LogP contribution in [0.4, 0.5) is 10.1 Å². The molecule has 0 spiro atoms. The molecule has 0 aliphatic rings. The molecule has 110 valence electrons. The number of carbonyl (C=O) groups is 2. The minimum atomic E-state index is -0.594. The fourth-order valence-electron chi connectivity index (χ4n) is 1.44. The molecule has 1 heterocycles. The van der Waals surface area contributed by atoms with Crippen LogP contribution >= 0.6 is 27.3 Å². The molecule has 21 heavy (non-hydrogen) atoms. The number of hydrogen-bond acceptors (Lipinski definition) is 5. The van der Waals surface area contributed by atoms with Gasteiger partial charge in [-0.05, 0) is 25.1 Å². The van der Waals surface area contributed by atoms with Crippen LogP contribution in [0.5, 0.6) is 0 Å². The summed E-state index contributed by atoms with van der Waals surface area (Å²) < 4.78 is 19.0. The van der Waals surface area contributed by atoms with Crippen LogP contribution in [0, 0.1) is 5.82 Å². The summed E-state index contributed by atoms with van der Waals surface area (Å²) in [5, 5.41) is 3.89. The Morgan fingerprint density at radius 2 is 2.24 bits per heavy atom. The van der Waals surface area contributed by atoms with Gasteiger partial charge in [-0.25, -0.2) is 14.2 Å². The number of anilines is 1. The molecular weight excluding hydrogens is 363 g/mol. The number of esters is 1. The highest BCUT2D eigenvalue weighted by atomic mass is 79.9. The molecule has 1 N–H and O–H groups in total. The van der Waals surface area contributed by atoms with Crippen molar-refractivity contribution in [2.45, 2.75) is 6.92 Å². The number of hydrogen-bond donors (Lipinski definition) is 1. The summed E-state index contributed by atoms with van der Waals surface area (Å²) in [7, 11) is 0. The average molecular weight is 373 g/mol. The van der Waals surface area contributed by atoms with E-state index >= 15 is 0 Å². The first-order valence-corrected chi connectivity index (χ1v) is 7.57. The first-order chi connectivity index (χ1) is 10.0. The lowest BCUT2D eigenvalue weighted by Gasteiger charge is -2.04. The van der Waals surface area contributed by atoms with Gasteiger partial charge in [0.15, 0.2) is 0 Å². The van der Waals surface area contributed by atoms with Crippen molar-refractivity contribution in [1.29, 1.82) is 0 Å². The third-order valence-electron chi connectivity index (χ3n) is 2.37. The van der Waals surface area contributed by atoms with Crippen LogP contribution in [-0.4, -0.2) is 23.5 Å². The monoisotopic (exact) mass is 372 g/mol. The molecule has 0 aliphatic carbocycles. The predicted octanol–water partition coefficient (Wildman–Crippen LogP) is 3.47. The quantitative estimate of drug-likeness (QED) is 0.834. The minimum absolute atomic E-state index is 0.0328. The van der Waals surface area contributed by atoms with E-state index in [0.29, 0.717) is 4.47 Å². The van der Waals surface area contributed by atoms with Crippen LogP contribution in [0.25, 0.3) is 0 Å². The molecule has 0 atom stereocenters. The summed E-state index contributed by atoms with van der Waals surface area (Å²) in [6.45, 7) is 1.90. The average Bonchev–Trinajstić information content (AvgIpc) is 2.92. The molecule has 1 aromatic carbocycles. The van der Waals surface area contributed by atoms with E-state index in [4.69, 9.17) is 4.74 Å². The normalized spacial score (nSPS) is 10.2. The van der Waals surface area contributed by atoms with Crippen molar-refractivity contribution in [2.24, 2.45) is 0 Å². The highest BCUT2D eigenvalue weighted by molar-refractivity contribution is 9.10. The zero-order valence-electron chi connectivity index (χ0n) is 10.9. The fourth-order valence-corrected chi connectivity index (χ4v) is 2.46. The number of carbonyl (C=O) groups excluding carboxylic acids is 2. The Labute approximate surface area is 132 Å². The van der Waals surface area contributed by atoms with Crippen LogP contribution in [0.3, 0.4) is 0 Å². The summed E-state index contributed by atoms with van der Waals surface area (Å²) in [5.41, 5.74) is 0.0688. The Morgan fingerprint density at radius 3 is 2.90 bits per heavy atom. The van der Waals surface area contributed by atoms with E-state index in [-0.39, 0.29) is 23.0 Å². The highest BCUT2D eigenvalue weighted by Gasteiger charge is 2.17. The Morgan fingerprint density at radius 1 is 1.48 bits per heavy atom. The first-order valence-electron chi connectivity index (χ1n) is 5.90. The van der Waals surface area contributed by atoms with Crippen molar-refractivity contribution in [2.75, 3.05) is 11.9 Å². The first kappa shape index (κ1) is 15.6. The van der Waals surface area contributed by atoms with Gasteiger partial charge in [0.05, 0.1) is 12.3 Å². The second kappa shape index (κ2) is 6.77. The SMILES string of the molecule is CCOC(=O)c1nc(C(=O)Nc2ccc(Br)cc2F)cs1. The number of nitrogens with one attached hydrogen (secondary N) is 1. The van der Waals surface area contributed by atoms with Crippen LogP contribution in [-0.2, 0) is 4.74 Å². The third-order valence-corrected chi connectivity index (χ3v) is 3.68. The van der Waals surface area contributed by atoms with E-state index in [1.54, 1.807) is 13.0 Å². The second-order valence-electron chi connectivity index (χ2n) is 3.84. The standard InChI is InChI=1S/C13H10BrFN2O3S/c1-2-20-13(19)12-17-10(6-21-12)11(18)16-9-4-3-7(14)5-8(9)15/h3-6H,2H2,1H3,(H,16,18). The van der Waals surface area contributed by atoms with Crippen molar-refractivity contribution in [1.82, 2.24) is 4.98 Å². The molecule has 1 amide bonds. The molecule has 0 radical (unpaired) electrons. The van der Waals surface area contributed by atoms with Crippen molar-refractivity contribution in [3.8, 4) is 0 Å². The Bertz CT molecular complexity index is 690. The maximum Gasteiger partial charge on any atom is 0.367 e. The van der Waals surface area contributed by atoms with Crippen molar-refractivity contribution in [3.05, 3.63) is 44.6 Å². The Hall–Kier alpha value is -1.80. The molecule has 0 fully saturated rings. The summed E-state index contributed by atoms with van der Waals surface area (Å²) >= 11 is 4.12. The Kier molecular flexibility index (Phi) is 5.03. The van der Waals surface area contributed by atoms with Crippen molar-refractivity contribution >= 4 is 44.8 Å². The van der Waals surface area contributed by atoms with Gasteiger partial charge in [0.1, 0.15) is 11.5 Å². The lowest BCUT2D eigenvalue weighted by Crippen LogP contribution is -2.14. The van der Waals surface area contributed by atoms with E-state index < -0.39 is 17.7 Å². The lowest BCUT2D eigenvalue weighted by molar-refractivity contribution is 0.0526. The highest BCUT2D eigenvalue weighted by Crippen LogP contribution is 2.20. The predicted molar refractivity (Wildman–Crippen MR) is 80.1 cm³/mol. The van der Waals surface area contributed by atoms with E-state index in [9.17, 15) is 14.0 Å². The van der Waals surface area contributed by atoms with Crippen LogP contribution in [0.2, 0.25) is 0 Å². The molecule has 0 aliphatic heterocycles. The molecule has 0 unspecified atom stereocenters. The maximum atomic E-state index is 13.6. The largest absolute Gasteiger partial charge is 0.461 e. The number of rotatable bonds is 4. The van der Waals surface area contributed by atoms with Gasteiger partial charge < -0.3 is 10.1 Å². The maximum absolute atomic E-state index is 13.6. The van der Waals surface area contributed by atoms with Crippen molar-refractivity contribution < 1.29 is 18.7 Å². The Balaban J connectivity index is 2.12. The number of aromatic nitrogens is 1. The molecule has 2 rings (SSSR count). The number of ether oxygens (including phenoxy) is 1. The van der Waals surface area contributed by atoms with Gasteiger partial charge in [0, 0.05) is 9.85 Å². The van der Waals surface area contributed by atoms with Gasteiger partial charge in [0.2, 0.25) is 5.01 Å². The van der Waals surface area contributed by atoms with Gasteiger partial charge in [-0.2, -0.15) is 0 Å². The molecule has 8 heteroatoms. The van der Waals surface area contributed by atoms with Gasteiger partial charge in [-0.15, -0.1) is 11.3 Å². The number of halogens is 2. The third kappa shape index (κ3) is 3.85. The molecule has 0 saturated heterocycles. The van der Waals surface area contributed by atoms with Gasteiger partial charge in [-0.1, -0.05) is 15.9 Å². The lowest BCUT2D eigenvalue weighted by atomic mass is 10.3. The van der Waals surface area contributed by atoms with Crippen LogP contribution in [0.1, 0.15) is 27.2 Å².